The molecular weight excluding hydrogens is 546 g/mol. The summed E-state index contributed by atoms with van der Waals surface area (Å²) in [6, 6.07) is 51.9. The van der Waals surface area contributed by atoms with Crippen LogP contribution in [0.25, 0.3) is 66.3 Å². The molecule has 0 atom stereocenters. The van der Waals surface area contributed by atoms with Gasteiger partial charge in [0.2, 0.25) is 0 Å². The number of nitrogens with one attached hydrogen (secondary N) is 1. The fraction of sp³-hybridized carbons (Fsp3) is 0. The van der Waals surface area contributed by atoms with Gasteiger partial charge in [-0.15, -0.1) is 0 Å². The molecular formula is C42H25N3. The van der Waals surface area contributed by atoms with Gasteiger partial charge in [0.15, 0.2) is 0 Å². The first-order valence-electron chi connectivity index (χ1n) is 15.4. The molecule has 0 amide bonds. The molecule has 2 aliphatic rings. The quantitative estimate of drug-likeness (QED) is 0.219. The molecule has 0 unspecified atom stereocenters. The highest BCUT2D eigenvalue weighted by Gasteiger charge is 2.29. The van der Waals surface area contributed by atoms with Gasteiger partial charge in [0.1, 0.15) is 0 Å². The average Bonchev–Trinajstić information content (AvgIpc) is 3.79. The number of para-hydroxylation sites is 2. The van der Waals surface area contributed by atoms with E-state index in [0.29, 0.717) is 0 Å². The zero-order valence-corrected chi connectivity index (χ0v) is 24.3. The summed E-state index contributed by atoms with van der Waals surface area (Å²) in [5.74, 6) is 0. The first kappa shape index (κ1) is 24.4. The van der Waals surface area contributed by atoms with Crippen LogP contribution in [-0.2, 0) is 0 Å². The zero-order valence-electron chi connectivity index (χ0n) is 24.3. The number of nitrogens with zero attached hydrogens (tertiary/aromatic N) is 2. The Balaban J connectivity index is 1.42. The van der Waals surface area contributed by atoms with Crippen LogP contribution in [0.15, 0.2) is 156 Å². The van der Waals surface area contributed by atoms with Crippen LogP contribution in [-0.4, -0.2) is 4.98 Å². The predicted octanol–water partition coefficient (Wildman–Crippen LogP) is 9.81. The Labute approximate surface area is 258 Å². The number of hydrogen-bond acceptors (Lipinski definition) is 2. The van der Waals surface area contributed by atoms with Crippen LogP contribution < -0.4 is 10.7 Å². The Kier molecular flexibility index (Phi) is 5.00. The topological polar surface area (TPSA) is 40.5 Å². The van der Waals surface area contributed by atoms with Crippen LogP contribution in [0.4, 0.5) is 11.4 Å². The smallest absolute Gasteiger partial charge is 0.0817 e. The van der Waals surface area contributed by atoms with Crippen molar-refractivity contribution in [3.8, 4) is 44.5 Å². The van der Waals surface area contributed by atoms with E-state index in [1.807, 2.05) is 0 Å². The van der Waals surface area contributed by atoms with Crippen molar-refractivity contribution in [2.45, 2.75) is 0 Å². The van der Waals surface area contributed by atoms with Gasteiger partial charge in [-0.25, -0.2) is 9.98 Å². The number of H-pyrrole nitrogens is 1. The summed E-state index contributed by atoms with van der Waals surface area (Å²) in [6.07, 6.45) is 0. The molecule has 1 N–H and O–H groups in total. The molecule has 0 spiro atoms. The van der Waals surface area contributed by atoms with Gasteiger partial charge in [0.05, 0.1) is 27.6 Å². The fourth-order valence-electron chi connectivity index (χ4n) is 7.40. The van der Waals surface area contributed by atoms with E-state index in [1.165, 1.54) is 49.4 Å². The van der Waals surface area contributed by atoms with Crippen LogP contribution in [0.5, 0.6) is 0 Å². The minimum absolute atomic E-state index is 0.969. The molecule has 3 heteroatoms. The van der Waals surface area contributed by atoms with Crippen molar-refractivity contribution in [1.29, 1.82) is 0 Å². The second-order valence-electron chi connectivity index (χ2n) is 11.8. The zero-order chi connectivity index (χ0) is 29.5. The number of rotatable bonds is 3. The second-order valence-corrected chi connectivity index (χ2v) is 11.8. The fourth-order valence-corrected chi connectivity index (χ4v) is 7.40. The van der Waals surface area contributed by atoms with Crippen molar-refractivity contribution < 1.29 is 0 Å². The van der Waals surface area contributed by atoms with Crippen LogP contribution in [0.2, 0.25) is 0 Å². The SMILES string of the molecule is c1ccc(-c2ccc3c(c2-c2c(-c4ccccc4)ccc4c2[nH]c2ccccc24)-c2c4c(ccc2=N3)=c2ccccc2=N4)cc1. The highest BCUT2D eigenvalue weighted by atomic mass is 14.8. The molecule has 8 aromatic rings. The lowest BCUT2D eigenvalue weighted by Crippen LogP contribution is -2.02. The summed E-state index contributed by atoms with van der Waals surface area (Å²) < 4.78 is 0. The predicted molar refractivity (Wildman–Crippen MR) is 183 cm³/mol. The molecule has 0 aliphatic carbocycles. The van der Waals surface area contributed by atoms with E-state index in [0.717, 1.165) is 49.5 Å². The number of aromatic nitrogens is 1. The van der Waals surface area contributed by atoms with Gasteiger partial charge in [-0.1, -0.05) is 115 Å². The molecule has 208 valence electrons. The lowest BCUT2D eigenvalue weighted by molar-refractivity contribution is 1.36. The molecule has 10 rings (SSSR count). The Morgan fingerprint density at radius 2 is 1.09 bits per heavy atom. The minimum Gasteiger partial charge on any atom is -0.354 e. The third-order valence-corrected chi connectivity index (χ3v) is 9.36. The van der Waals surface area contributed by atoms with Crippen molar-refractivity contribution in [1.82, 2.24) is 4.98 Å². The molecule has 45 heavy (non-hydrogen) atoms. The molecule has 2 aliphatic heterocycles. The first-order valence-corrected chi connectivity index (χ1v) is 15.4. The molecule has 0 radical (unpaired) electrons. The Bertz CT molecular complexity index is 2740. The highest BCUT2D eigenvalue weighted by Crippen LogP contribution is 2.53. The van der Waals surface area contributed by atoms with Gasteiger partial charge in [0, 0.05) is 49.0 Å². The number of fused-ring (bicyclic) bond motifs is 9. The molecule has 3 nitrogen and oxygen atoms in total. The molecule has 7 aromatic carbocycles. The lowest BCUT2D eigenvalue weighted by Gasteiger charge is -2.20. The summed E-state index contributed by atoms with van der Waals surface area (Å²) in [6.45, 7) is 0. The summed E-state index contributed by atoms with van der Waals surface area (Å²) >= 11 is 0. The lowest BCUT2D eigenvalue weighted by atomic mass is 9.82. The second kappa shape index (κ2) is 9.22. The number of aromatic amines is 1. The number of hydrogen-bond donors (Lipinski definition) is 1. The van der Waals surface area contributed by atoms with Gasteiger partial charge in [0.25, 0.3) is 0 Å². The molecule has 1 aromatic heterocycles. The van der Waals surface area contributed by atoms with Gasteiger partial charge in [-0.2, -0.15) is 0 Å². The molecule has 0 fully saturated rings. The van der Waals surface area contributed by atoms with E-state index < -0.39 is 0 Å². The van der Waals surface area contributed by atoms with E-state index in [9.17, 15) is 0 Å². The largest absolute Gasteiger partial charge is 0.354 e. The van der Waals surface area contributed by atoms with E-state index >= 15 is 0 Å². The van der Waals surface area contributed by atoms with E-state index in [4.69, 9.17) is 9.98 Å². The van der Waals surface area contributed by atoms with E-state index in [-0.39, 0.29) is 0 Å². The van der Waals surface area contributed by atoms with Crippen molar-refractivity contribution in [3.63, 3.8) is 0 Å². The van der Waals surface area contributed by atoms with Crippen LogP contribution in [0.1, 0.15) is 0 Å². The van der Waals surface area contributed by atoms with Gasteiger partial charge >= 0.3 is 0 Å². The van der Waals surface area contributed by atoms with Gasteiger partial charge in [-0.3, -0.25) is 0 Å². The Morgan fingerprint density at radius 3 is 1.91 bits per heavy atom. The standard InChI is InChI=1S/C42H25N3/c1-3-11-25(12-4-1)27-21-23-35-39(40-36(43-35)24-22-32-30-16-8-10-18-34(30)45-42(32)40)37(27)38-28(26-13-5-2-6-14-26)19-20-31-29-15-7-9-17-33(29)44-41(31)38/h1-24,44H. The average molecular weight is 572 g/mol. The molecule has 0 saturated carbocycles. The van der Waals surface area contributed by atoms with Crippen LogP contribution in [0.3, 0.4) is 0 Å². The number of benzene rings is 7. The third-order valence-electron chi connectivity index (χ3n) is 9.36. The maximum atomic E-state index is 5.23. The summed E-state index contributed by atoms with van der Waals surface area (Å²) in [5, 5.41) is 6.75. The molecule has 0 bridgehead atoms. The van der Waals surface area contributed by atoms with Crippen molar-refractivity contribution in [2.75, 3.05) is 0 Å². The van der Waals surface area contributed by atoms with Gasteiger partial charge < -0.3 is 4.98 Å². The van der Waals surface area contributed by atoms with Crippen molar-refractivity contribution in [2.24, 2.45) is 9.98 Å². The summed E-state index contributed by atoms with van der Waals surface area (Å²) in [5.41, 5.74) is 13.6. The Morgan fingerprint density at radius 1 is 0.400 bits per heavy atom. The summed E-state index contributed by atoms with van der Waals surface area (Å²) in [7, 11) is 0. The third kappa shape index (κ3) is 3.46. The Hall–Kier alpha value is -6.06. The van der Waals surface area contributed by atoms with Crippen molar-refractivity contribution >= 4 is 33.2 Å². The highest BCUT2D eigenvalue weighted by molar-refractivity contribution is 6.18. The molecule has 0 saturated heterocycles. The molecule has 3 heterocycles. The van der Waals surface area contributed by atoms with E-state index in [2.05, 4.69) is 151 Å². The van der Waals surface area contributed by atoms with E-state index in [1.54, 1.807) is 0 Å². The summed E-state index contributed by atoms with van der Waals surface area (Å²) in [4.78, 5) is 14.3. The normalized spacial score (nSPS) is 12.4. The maximum Gasteiger partial charge on any atom is 0.0817 e. The first-order chi connectivity index (χ1) is 22.3. The van der Waals surface area contributed by atoms with Crippen LogP contribution >= 0.6 is 0 Å². The van der Waals surface area contributed by atoms with Crippen LogP contribution in [0, 0.1) is 10.4 Å². The monoisotopic (exact) mass is 571 g/mol. The van der Waals surface area contributed by atoms with Crippen molar-refractivity contribution in [3.05, 3.63) is 167 Å². The van der Waals surface area contributed by atoms with Gasteiger partial charge in [-0.05, 0) is 52.6 Å². The maximum absolute atomic E-state index is 5.23. The minimum atomic E-state index is 0.969.